The zero-order chi connectivity index (χ0) is 23.4. The third-order valence-electron chi connectivity index (χ3n) is 4.80. The number of ether oxygens (including phenoxy) is 4. The molecule has 33 heavy (non-hydrogen) atoms. The van der Waals surface area contributed by atoms with Crippen molar-refractivity contribution in [1.82, 2.24) is 0 Å². The fraction of sp³-hybridized carbons (Fsp3) is 0.174. The highest BCUT2D eigenvalue weighted by Gasteiger charge is 2.20. The van der Waals surface area contributed by atoms with Gasteiger partial charge in [0, 0.05) is 22.3 Å². The average Bonchev–Trinajstić information content (AvgIpc) is 2.82. The largest absolute Gasteiger partial charge is 0.496 e. The average molecular weight is 490 g/mol. The number of carbonyl (C=O) groups excluding carboxylic acids is 1. The Morgan fingerprint density at radius 1 is 1.00 bits per heavy atom. The molecule has 3 aromatic rings. The molecule has 0 fully saturated rings. The normalized spacial score (nSPS) is 12.7. The molecule has 8 nitrogen and oxygen atoms in total. The second kappa shape index (κ2) is 9.60. The minimum Gasteiger partial charge on any atom is -0.496 e. The van der Waals surface area contributed by atoms with Crippen molar-refractivity contribution in [3.05, 3.63) is 76.8 Å². The first-order valence-electron chi connectivity index (χ1n) is 9.88. The Bertz CT molecular complexity index is 1280. The van der Waals surface area contributed by atoms with Gasteiger partial charge in [-0.05, 0) is 54.6 Å². The molecule has 1 N–H and O–H groups in total. The van der Waals surface area contributed by atoms with Crippen LogP contribution in [-0.4, -0.2) is 34.7 Å². The Morgan fingerprint density at radius 3 is 2.45 bits per heavy atom. The number of methoxy groups -OCH3 is 1. The number of nitrogens with one attached hydrogen (secondary N) is 1. The van der Waals surface area contributed by atoms with Crippen LogP contribution in [-0.2, 0) is 21.4 Å². The fourth-order valence-electron chi connectivity index (χ4n) is 3.17. The number of halogens is 1. The van der Waals surface area contributed by atoms with Gasteiger partial charge in [0.2, 0.25) is 0 Å². The van der Waals surface area contributed by atoms with Gasteiger partial charge in [0.1, 0.15) is 25.6 Å². The molecule has 0 radical (unpaired) electrons. The van der Waals surface area contributed by atoms with E-state index in [1.165, 1.54) is 43.5 Å². The summed E-state index contributed by atoms with van der Waals surface area (Å²) in [6, 6.07) is 15.3. The van der Waals surface area contributed by atoms with Crippen molar-refractivity contribution < 1.29 is 32.2 Å². The Balaban J connectivity index is 1.42. The van der Waals surface area contributed by atoms with E-state index < -0.39 is 16.0 Å². The van der Waals surface area contributed by atoms with Gasteiger partial charge in [-0.1, -0.05) is 11.6 Å². The van der Waals surface area contributed by atoms with Crippen LogP contribution in [0.25, 0.3) is 0 Å². The first-order valence-corrected chi connectivity index (χ1v) is 11.7. The third kappa shape index (κ3) is 5.32. The summed E-state index contributed by atoms with van der Waals surface area (Å²) in [4.78, 5) is 12.4. The first-order chi connectivity index (χ1) is 15.9. The van der Waals surface area contributed by atoms with Crippen LogP contribution < -0.4 is 18.9 Å². The van der Waals surface area contributed by atoms with Crippen molar-refractivity contribution in [2.24, 2.45) is 0 Å². The molecule has 10 heteroatoms. The number of fused-ring (bicyclic) bond motifs is 1. The van der Waals surface area contributed by atoms with Crippen LogP contribution in [0.5, 0.6) is 17.2 Å². The van der Waals surface area contributed by atoms with E-state index in [0.29, 0.717) is 41.0 Å². The predicted octanol–water partition coefficient (Wildman–Crippen LogP) is 4.28. The summed E-state index contributed by atoms with van der Waals surface area (Å²) in [7, 11) is -2.35. The lowest BCUT2D eigenvalue weighted by Gasteiger charge is -2.19. The highest BCUT2D eigenvalue weighted by Crippen LogP contribution is 2.32. The molecule has 0 spiro atoms. The molecule has 0 unspecified atom stereocenters. The molecule has 0 saturated heterocycles. The fourth-order valence-corrected chi connectivity index (χ4v) is 4.43. The van der Waals surface area contributed by atoms with E-state index >= 15 is 0 Å². The van der Waals surface area contributed by atoms with Crippen LogP contribution >= 0.6 is 11.6 Å². The lowest BCUT2D eigenvalue weighted by Crippen LogP contribution is -2.17. The van der Waals surface area contributed by atoms with Gasteiger partial charge in [-0.2, -0.15) is 0 Å². The Hall–Kier alpha value is -3.43. The van der Waals surface area contributed by atoms with Gasteiger partial charge in [0.05, 0.1) is 17.6 Å². The second-order valence-corrected chi connectivity index (χ2v) is 9.14. The number of benzene rings is 3. The Labute approximate surface area is 196 Å². The third-order valence-corrected chi connectivity index (χ3v) is 6.41. The number of anilines is 1. The molecule has 1 aliphatic rings. The van der Waals surface area contributed by atoms with Crippen molar-refractivity contribution in [3.8, 4) is 17.2 Å². The number of rotatable bonds is 7. The van der Waals surface area contributed by atoms with E-state index in [2.05, 4.69) is 4.72 Å². The van der Waals surface area contributed by atoms with Crippen LogP contribution in [0.2, 0.25) is 5.02 Å². The van der Waals surface area contributed by atoms with Crippen LogP contribution in [0.1, 0.15) is 15.9 Å². The Morgan fingerprint density at radius 2 is 1.73 bits per heavy atom. The molecule has 0 aromatic heterocycles. The number of carbonyl (C=O) groups is 1. The topological polar surface area (TPSA) is 100 Å². The van der Waals surface area contributed by atoms with Crippen LogP contribution in [0, 0.1) is 0 Å². The molecular formula is C23H20ClNO7S. The predicted molar refractivity (Wildman–Crippen MR) is 122 cm³/mol. The van der Waals surface area contributed by atoms with Crippen molar-refractivity contribution in [2.75, 3.05) is 25.0 Å². The lowest BCUT2D eigenvalue weighted by molar-refractivity contribution is 0.0470. The maximum absolute atomic E-state index is 12.7. The van der Waals surface area contributed by atoms with E-state index in [4.69, 9.17) is 30.5 Å². The SMILES string of the molecule is COc1ccc(Cl)cc1COC(=O)c1ccc(NS(=O)(=O)c2ccc3c(c2)OCCO3)cc1. The van der Waals surface area contributed by atoms with Crippen molar-refractivity contribution in [2.45, 2.75) is 11.5 Å². The van der Waals surface area contributed by atoms with Crippen molar-refractivity contribution >= 4 is 33.3 Å². The van der Waals surface area contributed by atoms with Gasteiger partial charge in [-0.3, -0.25) is 4.72 Å². The molecule has 4 rings (SSSR count). The molecule has 1 heterocycles. The van der Waals surface area contributed by atoms with Gasteiger partial charge in [0.25, 0.3) is 10.0 Å². The number of hydrogen-bond donors (Lipinski definition) is 1. The molecule has 172 valence electrons. The van der Waals surface area contributed by atoms with Crippen molar-refractivity contribution in [3.63, 3.8) is 0 Å². The van der Waals surface area contributed by atoms with E-state index in [-0.39, 0.29) is 22.8 Å². The van der Waals surface area contributed by atoms with Crippen LogP contribution in [0.15, 0.2) is 65.6 Å². The van der Waals surface area contributed by atoms with Gasteiger partial charge in [-0.25, -0.2) is 13.2 Å². The highest BCUT2D eigenvalue weighted by molar-refractivity contribution is 7.92. The van der Waals surface area contributed by atoms with Crippen molar-refractivity contribution in [1.29, 1.82) is 0 Å². The summed E-state index contributed by atoms with van der Waals surface area (Å²) in [6.45, 7) is 0.741. The maximum atomic E-state index is 12.7. The van der Waals surface area contributed by atoms with E-state index in [1.807, 2.05) is 0 Å². The smallest absolute Gasteiger partial charge is 0.338 e. The molecule has 3 aromatic carbocycles. The van der Waals surface area contributed by atoms with Gasteiger partial charge >= 0.3 is 5.97 Å². The Kier molecular flexibility index (Phi) is 6.62. The maximum Gasteiger partial charge on any atom is 0.338 e. The number of hydrogen-bond acceptors (Lipinski definition) is 7. The van der Waals surface area contributed by atoms with E-state index in [9.17, 15) is 13.2 Å². The quantitative estimate of drug-likeness (QED) is 0.494. The highest BCUT2D eigenvalue weighted by atomic mass is 35.5. The number of esters is 1. The first kappa shape index (κ1) is 22.8. The van der Waals surface area contributed by atoms with Gasteiger partial charge in [-0.15, -0.1) is 0 Å². The molecule has 0 bridgehead atoms. The summed E-state index contributed by atoms with van der Waals surface area (Å²) >= 11 is 5.99. The van der Waals surface area contributed by atoms with Crippen LogP contribution in [0.3, 0.4) is 0 Å². The zero-order valence-corrected chi connectivity index (χ0v) is 19.1. The van der Waals surface area contributed by atoms with E-state index in [1.54, 1.807) is 24.3 Å². The lowest BCUT2D eigenvalue weighted by atomic mass is 10.2. The van der Waals surface area contributed by atoms with E-state index in [0.717, 1.165) is 0 Å². The van der Waals surface area contributed by atoms with Crippen LogP contribution in [0.4, 0.5) is 5.69 Å². The zero-order valence-electron chi connectivity index (χ0n) is 17.5. The summed E-state index contributed by atoms with van der Waals surface area (Å²) in [5.41, 5.74) is 1.18. The molecule has 0 atom stereocenters. The summed E-state index contributed by atoms with van der Waals surface area (Å²) in [6.07, 6.45) is 0. The monoisotopic (exact) mass is 489 g/mol. The standard InChI is InChI=1S/C23H20ClNO7S/c1-29-20-8-4-17(24)12-16(20)14-32-23(26)15-2-5-18(6-3-15)25-33(27,28)19-7-9-21-22(13-19)31-11-10-30-21/h2-9,12-13,25H,10-11,14H2,1H3. The summed E-state index contributed by atoms with van der Waals surface area (Å²) < 4.78 is 49.4. The minimum atomic E-state index is -3.87. The van der Waals surface area contributed by atoms with Gasteiger partial charge in [0.15, 0.2) is 11.5 Å². The number of sulfonamides is 1. The molecule has 1 aliphatic heterocycles. The van der Waals surface area contributed by atoms with Gasteiger partial charge < -0.3 is 18.9 Å². The minimum absolute atomic E-state index is 0.0267. The molecule has 0 aliphatic carbocycles. The second-order valence-electron chi connectivity index (χ2n) is 7.02. The summed E-state index contributed by atoms with van der Waals surface area (Å²) in [5, 5.41) is 0.497. The molecule has 0 amide bonds. The molecule has 0 saturated carbocycles. The summed E-state index contributed by atoms with van der Waals surface area (Å²) in [5.74, 6) is 0.853. The molecular weight excluding hydrogens is 470 g/mol.